The molecule has 0 aliphatic carbocycles. The van der Waals surface area contributed by atoms with Gasteiger partial charge in [-0.2, -0.15) is 5.26 Å². The number of thiophene rings is 1. The molecule has 3 heterocycles. The van der Waals surface area contributed by atoms with Crippen molar-refractivity contribution in [1.29, 1.82) is 5.26 Å². The lowest BCUT2D eigenvalue weighted by molar-refractivity contribution is 0.0526. The van der Waals surface area contributed by atoms with Crippen LogP contribution in [0.1, 0.15) is 15.2 Å². The fraction of sp³-hybridized carbons (Fsp3) is 0.125. The molecule has 3 rings (SSSR count). The Labute approximate surface area is 146 Å². The standard InChI is InChI=1S/C16H11ClN4O2S/c17-12-8-19-9-14-11(12)6-13(24-14)16(22)23-5-4-21-15-10(7-18)2-1-3-20-15/h1-3,6,8-9H,4-5H2,(H,20,21). The number of rotatable bonds is 5. The summed E-state index contributed by atoms with van der Waals surface area (Å²) in [6.07, 6.45) is 4.79. The average molecular weight is 359 g/mol. The van der Waals surface area contributed by atoms with Gasteiger partial charge in [-0.15, -0.1) is 11.3 Å². The first-order chi connectivity index (χ1) is 11.7. The minimum absolute atomic E-state index is 0.153. The molecule has 0 amide bonds. The van der Waals surface area contributed by atoms with E-state index in [-0.39, 0.29) is 6.61 Å². The summed E-state index contributed by atoms with van der Waals surface area (Å²) in [7, 11) is 0. The van der Waals surface area contributed by atoms with Gasteiger partial charge in [-0.3, -0.25) is 4.98 Å². The predicted octanol–water partition coefficient (Wildman–Crippen LogP) is 3.49. The average Bonchev–Trinajstić information content (AvgIpc) is 3.04. The minimum atomic E-state index is -0.421. The molecule has 120 valence electrons. The lowest BCUT2D eigenvalue weighted by atomic mass is 10.3. The Morgan fingerprint density at radius 1 is 1.46 bits per heavy atom. The smallest absolute Gasteiger partial charge is 0.348 e. The summed E-state index contributed by atoms with van der Waals surface area (Å²) in [6, 6.07) is 7.09. The third-order valence-corrected chi connectivity index (χ3v) is 4.51. The molecule has 0 spiro atoms. The Hall–Kier alpha value is -2.69. The number of carbonyl (C=O) groups is 1. The second kappa shape index (κ2) is 7.25. The molecule has 0 aromatic carbocycles. The molecule has 0 bridgehead atoms. The first kappa shape index (κ1) is 16.2. The fourth-order valence-electron chi connectivity index (χ4n) is 2.05. The van der Waals surface area contributed by atoms with Crippen LogP contribution in [0.3, 0.4) is 0 Å². The van der Waals surface area contributed by atoms with Crippen LogP contribution in [0.25, 0.3) is 10.1 Å². The Morgan fingerprint density at radius 3 is 3.12 bits per heavy atom. The number of aromatic nitrogens is 2. The van der Waals surface area contributed by atoms with Crippen LogP contribution in [0.4, 0.5) is 5.82 Å². The second-order valence-electron chi connectivity index (χ2n) is 4.72. The van der Waals surface area contributed by atoms with Crippen LogP contribution in [0.15, 0.2) is 36.8 Å². The van der Waals surface area contributed by atoms with Crippen molar-refractivity contribution in [2.24, 2.45) is 0 Å². The van der Waals surface area contributed by atoms with Crippen molar-refractivity contribution in [1.82, 2.24) is 9.97 Å². The highest BCUT2D eigenvalue weighted by Gasteiger charge is 2.13. The monoisotopic (exact) mass is 358 g/mol. The summed E-state index contributed by atoms with van der Waals surface area (Å²) < 4.78 is 6.06. The normalized spacial score (nSPS) is 10.3. The van der Waals surface area contributed by atoms with Crippen molar-refractivity contribution in [2.45, 2.75) is 0 Å². The van der Waals surface area contributed by atoms with Gasteiger partial charge in [0.15, 0.2) is 0 Å². The maximum atomic E-state index is 12.1. The number of nitriles is 1. The number of halogens is 1. The van der Waals surface area contributed by atoms with Crippen molar-refractivity contribution in [3.63, 3.8) is 0 Å². The minimum Gasteiger partial charge on any atom is -0.460 e. The quantitative estimate of drug-likeness (QED) is 0.555. The van der Waals surface area contributed by atoms with Gasteiger partial charge in [-0.05, 0) is 18.2 Å². The maximum absolute atomic E-state index is 12.1. The molecule has 0 aliphatic heterocycles. The van der Waals surface area contributed by atoms with Crippen LogP contribution in [-0.2, 0) is 4.74 Å². The highest BCUT2D eigenvalue weighted by molar-refractivity contribution is 7.20. The Balaban J connectivity index is 1.57. The molecule has 1 N–H and O–H groups in total. The van der Waals surface area contributed by atoms with Gasteiger partial charge in [0.25, 0.3) is 0 Å². The van der Waals surface area contributed by atoms with E-state index in [1.807, 2.05) is 6.07 Å². The predicted molar refractivity (Wildman–Crippen MR) is 92.4 cm³/mol. The number of esters is 1. The summed E-state index contributed by atoms with van der Waals surface area (Å²) >= 11 is 7.33. The van der Waals surface area contributed by atoms with Gasteiger partial charge in [0, 0.05) is 24.0 Å². The molecule has 24 heavy (non-hydrogen) atoms. The van der Waals surface area contributed by atoms with E-state index in [1.54, 1.807) is 30.6 Å². The van der Waals surface area contributed by atoms with E-state index in [0.717, 1.165) is 10.1 Å². The van der Waals surface area contributed by atoms with Crippen LogP contribution in [0, 0.1) is 11.3 Å². The molecule has 0 radical (unpaired) electrons. The molecule has 3 aromatic rings. The second-order valence-corrected chi connectivity index (χ2v) is 6.21. The maximum Gasteiger partial charge on any atom is 0.348 e. The number of fused-ring (bicyclic) bond motifs is 1. The Kier molecular flexibility index (Phi) is 4.89. The number of pyridine rings is 2. The summed E-state index contributed by atoms with van der Waals surface area (Å²) in [4.78, 5) is 20.6. The zero-order valence-corrected chi connectivity index (χ0v) is 13.9. The van der Waals surface area contributed by atoms with Gasteiger partial charge in [0.2, 0.25) is 0 Å². The Bertz CT molecular complexity index is 935. The third-order valence-electron chi connectivity index (χ3n) is 3.15. The molecule has 0 unspecified atom stereocenters. The summed E-state index contributed by atoms with van der Waals surface area (Å²) in [5, 5.41) is 13.2. The number of hydrogen-bond donors (Lipinski definition) is 1. The number of carbonyl (C=O) groups excluding carboxylic acids is 1. The molecule has 0 saturated heterocycles. The van der Waals surface area contributed by atoms with E-state index in [1.165, 1.54) is 17.5 Å². The lowest BCUT2D eigenvalue weighted by Crippen LogP contribution is -2.14. The van der Waals surface area contributed by atoms with Crippen molar-refractivity contribution < 1.29 is 9.53 Å². The highest BCUT2D eigenvalue weighted by Crippen LogP contribution is 2.30. The lowest BCUT2D eigenvalue weighted by Gasteiger charge is -2.07. The van der Waals surface area contributed by atoms with E-state index >= 15 is 0 Å². The van der Waals surface area contributed by atoms with Gasteiger partial charge in [0.1, 0.15) is 23.4 Å². The SMILES string of the molecule is N#Cc1cccnc1NCCOC(=O)c1cc2c(Cl)cncc2s1. The van der Waals surface area contributed by atoms with Crippen molar-refractivity contribution in [3.8, 4) is 6.07 Å². The fourth-order valence-corrected chi connectivity index (χ4v) is 3.27. The van der Waals surface area contributed by atoms with E-state index in [9.17, 15) is 4.79 Å². The van der Waals surface area contributed by atoms with Gasteiger partial charge in [-0.25, -0.2) is 9.78 Å². The molecular formula is C16H11ClN4O2S. The largest absolute Gasteiger partial charge is 0.460 e. The number of anilines is 1. The zero-order chi connectivity index (χ0) is 16.9. The van der Waals surface area contributed by atoms with Crippen molar-refractivity contribution in [3.05, 3.63) is 52.3 Å². The van der Waals surface area contributed by atoms with Crippen LogP contribution in [-0.4, -0.2) is 29.1 Å². The van der Waals surface area contributed by atoms with Crippen LogP contribution in [0.5, 0.6) is 0 Å². The number of nitrogens with zero attached hydrogens (tertiary/aromatic N) is 3. The molecule has 0 fully saturated rings. The van der Waals surface area contributed by atoms with Crippen molar-refractivity contribution >= 4 is 44.8 Å². The first-order valence-electron chi connectivity index (χ1n) is 6.98. The van der Waals surface area contributed by atoms with Crippen LogP contribution < -0.4 is 5.32 Å². The summed E-state index contributed by atoms with van der Waals surface area (Å²) in [5.41, 5.74) is 0.440. The summed E-state index contributed by atoms with van der Waals surface area (Å²) in [6.45, 7) is 0.505. The Morgan fingerprint density at radius 2 is 2.33 bits per heavy atom. The molecular weight excluding hydrogens is 348 g/mol. The first-order valence-corrected chi connectivity index (χ1v) is 8.17. The van der Waals surface area contributed by atoms with E-state index in [0.29, 0.717) is 27.8 Å². The molecule has 0 atom stereocenters. The molecule has 8 heteroatoms. The van der Waals surface area contributed by atoms with E-state index in [2.05, 4.69) is 15.3 Å². The van der Waals surface area contributed by atoms with E-state index in [4.69, 9.17) is 21.6 Å². The number of nitrogens with one attached hydrogen (secondary N) is 1. The summed E-state index contributed by atoms with van der Waals surface area (Å²) in [5.74, 6) is 0.0476. The number of hydrogen-bond acceptors (Lipinski definition) is 7. The highest BCUT2D eigenvalue weighted by atomic mass is 35.5. The van der Waals surface area contributed by atoms with Crippen LogP contribution in [0.2, 0.25) is 5.02 Å². The van der Waals surface area contributed by atoms with Crippen molar-refractivity contribution in [2.75, 3.05) is 18.5 Å². The molecule has 0 saturated carbocycles. The zero-order valence-electron chi connectivity index (χ0n) is 12.3. The van der Waals surface area contributed by atoms with E-state index < -0.39 is 5.97 Å². The van der Waals surface area contributed by atoms with Gasteiger partial charge in [0.05, 0.1) is 21.8 Å². The van der Waals surface area contributed by atoms with Crippen LogP contribution >= 0.6 is 22.9 Å². The third kappa shape index (κ3) is 3.45. The van der Waals surface area contributed by atoms with Gasteiger partial charge >= 0.3 is 5.97 Å². The van der Waals surface area contributed by atoms with Gasteiger partial charge in [-0.1, -0.05) is 11.6 Å². The molecule has 3 aromatic heterocycles. The number of ether oxygens (including phenoxy) is 1. The van der Waals surface area contributed by atoms with Gasteiger partial charge < -0.3 is 10.1 Å². The molecule has 6 nitrogen and oxygen atoms in total. The topological polar surface area (TPSA) is 87.9 Å². The molecule has 0 aliphatic rings.